The molecule has 0 aromatic rings. The summed E-state index contributed by atoms with van der Waals surface area (Å²) in [6, 6.07) is -0.401. The lowest BCUT2D eigenvalue weighted by Gasteiger charge is -2.25. The first-order chi connectivity index (χ1) is 9.36. The summed E-state index contributed by atoms with van der Waals surface area (Å²) in [5, 5.41) is 0. The van der Waals surface area contributed by atoms with E-state index in [1.165, 1.54) is 4.90 Å². The van der Waals surface area contributed by atoms with Gasteiger partial charge in [-0.15, -0.1) is 0 Å². The predicted molar refractivity (Wildman–Crippen MR) is 71.8 cm³/mol. The van der Waals surface area contributed by atoms with E-state index in [1.807, 2.05) is 20.8 Å². The highest BCUT2D eigenvalue weighted by atomic mass is 16.2. The Balaban J connectivity index is 1.84. The molecular weight excluding hydrogens is 258 g/mol. The van der Waals surface area contributed by atoms with Gasteiger partial charge in [0.05, 0.1) is 6.04 Å². The maximum atomic E-state index is 12.6. The van der Waals surface area contributed by atoms with Gasteiger partial charge in [0.1, 0.15) is 5.54 Å². The van der Waals surface area contributed by atoms with E-state index >= 15 is 0 Å². The zero-order valence-electron chi connectivity index (χ0n) is 12.3. The fraction of sp³-hybridized carbons (Fsp3) is 0.786. The number of imide groups is 1. The second kappa shape index (κ2) is 4.20. The van der Waals surface area contributed by atoms with Crippen molar-refractivity contribution in [1.82, 2.24) is 14.7 Å². The van der Waals surface area contributed by atoms with Crippen molar-refractivity contribution in [3.63, 3.8) is 0 Å². The van der Waals surface area contributed by atoms with E-state index in [0.717, 1.165) is 12.8 Å². The van der Waals surface area contributed by atoms with Gasteiger partial charge in [0.25, 0.3) is 5.91 Å². The zero-order valence-corrected chi connectivity index (χ0v) is 12.3. The molecule has 6 nitrogen and oxygen atoms in total. The first kappa shape index (κ1) is 13.4. The van der Waals surface area contributed by atoms with Crippen LogP contribution in [0.15, 0.2) is 0 Å². The molecule has 4 amide bonds. The maximum Gasteiger partial charge on any atom is 0.328 e. The topological polar surface area (TPSA) is 60.9 Å². The quantitative estimate of drug-likeness (QED) is 0.703. The van der Waals surface area contributed by atoms with Gasteiger partial charge in [0, 0.05) is 25.6 Å². The summed E-state index contributed by atoms with van der Waals surface area (Å²) in [5.74, 6) is -0.0915. The molecule has 0 radical (unpaired) electrons. The zero-order chi connectivity index (χ0) is 14.7. The van der Waals surface area contributed by atoms with Crippen molar-refractivity contribution in [1.29, 1.82) is 0 Å². The summed E-state index contributed by atoms with van der Waals surface area (Å²) in [6.45, 7) is 6.86. The first-order valence-electron chi connectivity index (χ1n) is 7.31. The van der Waals surface area contributed by atoms with Crippen molar-refractivity contribution in [2.75, 3.05) is 13.1 Å². The minimum Gasteiger partial charge on any atom is -0.338 e. The van der Waals surface area contributed by atoms with Gasteiger partial charge in [-0.2, -0.15) is 0 Å². The van der Waals surface area contributed by atoms with E-state index in [0.29, 0.717) is 13.1 Å². The molecule has 3 heterocycles. The van der Waals surface area contributed by atoms with Crippen LogP contribution in [-0.2, 0) is 9.59 Å². The van der Waals surface area contributed by atoms with Gasteiger partial charge in [0.2, 0.25) is 5.91 Å². The van der Waals surface area contributed by atoms with Crippen LogP contribution in [0.1, 0.15) is 40.0 Å². The Morgan fingerprint density at radius 2 is 1.95 bits per heavy atom. The number of urea groups is 1. The Labute approximate surface area is 118 Å². The van der Waals surface area contributed by atoms with Crippen LogP contribution < -0.4 is 0 Å². The molecule has 0 saturated carbocycles. The third-order valence-corrected chi connectivity index (χ3v) is 4.88. The molecule has 110 valence electrons. The lowest BCUT2D eigenvalue weighted by atomic mass is 9.99. The summed E-state index contributed by atoms with van der Waals surface area (Å²) in [4.78, 5) is 41.9. The van der Waals surface area contributed by atoms with Crippen LogP contribution in [0.3, 0.4) is 0 Å². The van der Waals surface area contributed by atoms with E-state index < -0.39 is 5.54 Å². The number of carbonyl (C=O) groups excluding carboxylic acids is 3. The highest BCUT2D eigenvalue weighted by Gasteiger charge is 2.59. The molecule has 0 spiro atoms. The molecule has 3 saturated heterocycles. The standard InChI is InChI=1S/C14H21N3O3/c1-9(2)15-8-10(7-11(15)18)17-12(19)14(3)5-4-6-16(14)13(17)20/h9-10H,4-8H2,1-3H3/t10-,14+/m1/s1. The summed E-state index contributed by atoms with van der Waals surface area (Å²) in [5.41, 5.74) is -0.675. The monoisotopic (exact) mass is 279 g/mol. The Hall–Kier alpha value is -1.59. The Bertz CT molecular complexity index is 490. The maximum absolute atomic E-state index is 12.6. The molecule has 0 aliphatic carbocycles. The summed E-state index contributed by atoms with van der Waals surface area (Å²) < 4.78 is 0. The smallest absolute Gasteiger partial charge is 0.328 e. The van der Waals surface area contributed by atoms with Crippen LogP contribution in [0.25, 0.3) is 0 Å². The Kier molecular flexibility index (Phi) is 2.81. The van der Waals surface area contributed by atoms with Gasteiger partial charge in [-0.05, 0) is 33.6 Å². The number of amides is 4. The SMILES string of the molecule is CC(C)N1C[C@H](N2C(=O)N3CCC[C@@]3(C)C2=O)CC1=O. The number of carbonyl (C=O) groups is 3. The fourth-order valence-corrected chi connectivity index (χ4v) is 3.67. The molecule has 0 N–H and O–H groups in total. The van der Waals surface area contributed by atoms with Crippen molar-refractivity contribution >= 4 is 17.8 Å². The van der Waals surface area contributed by atoms with Gasteiger partial charge in [-0.3, -0.25) is 14.5 Å². The molecule has 0 unspecified atom stereocenters. The van der Waals surface area contributed by atoms with Gasteiger partial charge in [-0.25, -0.2) is 4.79 Å². The van der Waals surface area contributed by atoms with Gasteiger partial charge in [0.15, 0.2) is 0 Å². The molecule has 2 atom stereocenters. The summed E-state index contributed by atoms with van der Waals surface area (Å²) in [6.07, 6.45) is 1.87. The van der Waals surface area contributed by atoms with Gasteiger partial charge >= 0.3 is 6.03 Å². The molecule has 0 bridgehead atoms. The van der Waals surface area contributed by atoms with Gasteiger partial charge < -0.3 is 9.80 Å². The average Bonchev–Trinajstić information content (AvgIpc) is 2.97. The predicted octanol–water partition coefficient (Wildman–Crippen LogP) is 0.812. The Morgan fingerprint density at radius 3 is 2.50 bits per heavy atom. The molecule has 3 aliphatic heterocycles. The van der Waals surface area contributed by atoms with E-state index in [2.05, 4.69) is 0 Å². The normalized spacial score (nSPS) is 33.9. The summed E-state index contributed by atoms with van der Waals surface area (Å²) >= 11 is 0. The highest BCUT2D eigenvalue weighted by Crippen LogP contribution is 2.39. The van der Waals surface area contributed by atoms with Crippen LogP contribution >= 0.6 is 0 Å². The lowest BCUT2D eigenvalue weighted by Crippen LogP contribution is -2.45. The van der Waals surface area contributed by atoms with Crippen molar-refractivity contribution in [2.24, 2.45) is 0 Å². The second-order valence-electron chi connectivity index (χ2n) is 6.48. The number of nitrogens with zero attached hydrogens (tertiary/aromatic N) is 3. The molecule has 20 heavy (non-hydrogen) atoms. The lowest BCUT2D eigenvalue weighted by molar-refractivity contribution is -0.133. The van der Waals surface area contributed by atoms with E-state index in [-0.39, 0.29) is 36.3 Å². The van der Waals surface area contributed by atoms with Crippen molar-refractivity contribution in [3.05, 3.63) is 0 Å². The second-order valence-corrected chi connectivity index (χ2v) is 6.48. The molecule has 3 fully saturated rings. The fourth-order valence-electron chi connectivity index (χ4n) is 3.67. The van der Waals surface area contributed by atoms with Crippen LogP contribution in [-0.4, -0.2) is 63.3 Å². The number of hydrogen-bond donors (Lipinski definition) is 0. The third-order valence-electron chi connectivity index (χ3n) is 4.88. The molecule has 3 aliphatic rings. The van der Waals surface area contributed by atoms with E-state index in [4.69, 9.17) is 0 Å². The highest BCUT2D eigenvalue weighted by molar-refractivity contribution is 6.08. The number of hydrogen-bond acceptors (Lipinski definition) is 3. The molecule has 3 rings (SSSR count). The van der Waals surface area contributed by atoms with Crippen LogP contribution in [0.4, 0.5) is 4.79 Å². The number of fused-ring (bicyclic) bond motifs is 1. The number of likely N-dealkylation sites (tertiary alicyclic amines) is 1. The summed E-state index contributed by atoms with van der Waals surface area (Å²) in [7, 11) is 0. The van der Waals surface area contributed by atoms with E-state index in [9.17, 15) is 14.4 Å². The minimum atomic E-state index is -0.675. The average molecular weight is 279 g/mol. The Morgan fingerprint density at radius 1 is 1.25 bits per heavy atom. The number of rotatable bonds is 2. The third kappa shape index (κ3) is 1.60. The minimum absolute atomic E-state index is 0.0304. The largest absolute Gasteiger partial charge is 0.338 e. The first-order valence-corrected chi connectivity index (χ1v) is 7.31. The molecular formula is C14H21N3O3. The van der Waals surface area contributed by atoms with E-state index in [1.54, 1.807) is 9.80 Å². The molecule has 6 heteroatoms. The molecule has 0 aromatic carbocycles. The van der Waals surface area contributed by atoms with Crippen molar-refractivity contribution in [3.8, 4) is 0 Å². The van der Waals surface area contributed by atoms with Gasteiger partial charge in [-0.1, -0.05) is 0 Å². The van der Waals surface area contributed by atoms with Crippen LogP contribution in [0.2, 0.25) is 0 Å². The van der Waals surface area contributed by atoms with Crippen LogP contribution in [0, 0.1) is 0 Å². The molecule has 0 aromatic heterocycles. The van der Waals surface area contributed by atoms with Crippen molar-refractivity contribution < 1.29 is 14.4 Å². The van der Waals surface area contributed by atoms with Crippen LogP contribution in [0.5, 0.6) is 0 Å². The van der Waals surface area contributed by atoms with Crippen molar-refractivity contribution in [2.45, 2.75) is 57.7 Å².